The van der Waals surface area contributed by atoms with Crippen molar-refractivity contribution in [2.75, 3.05) is 19.0 Å². The van der Waals surface area contributed by atoms with Crippen LogP contribution in [0.3, 0.4) is 0 Å². The molecule has 0 saturated heterocycles. The zero-order valence-electron chi connectivity index (χ0n) is 9.25. The zero-order chi connectivity index (χ0) is 11.5. The molecule has 0 atom stereocenters. The lowest BCUT2D eigenvalue weighted by atomic mass is 10.2. The Morgan fingerprint density at radius 2 is 2.19 bits per heavy atom. The van der Waals surface area contributed by atoms with Gasteiger partial charge in [0.2, 0.25) is 0 Å². The zero-order valence-corrected chi connectivity index (χ0v) is 9.25. The van der Waals surface area contributed by atoms with Crippen LogP contribution in [0.4, 0.5) is 10.2 Å². The van der Waals surface area contributed by atoms with Gasteiger partial charge in [-0.3, -0.25) is 0 Å². The normalized spacial score (nSPS) is 10.4. The molecule has 1 N–H and O–H groups in total. The molecule has 0 spiro atoms. The minimum Gasteiger partial charge on any atom is -0.494 e. The molecule has 0 amide bonds. The summed E-state index contributed by atoms with van der Waals surface area (Å²) in [5.41, 5.74) is 0.622. The van der Waals surface area contributed by atoms with Crippen molar-refractivity contribution in [3.05, 3.63) is 30.1 Å². The van der Waals surface area contributed by atoms with Crippen molar-refractivity contribution in [1.29, 1.82) is 0 Å². The number of hydrogen-bond acceptors (Lipinski definition) is 3. The number of anilines is 1. The van der Waals surface area contributed by atoms with Crippen molar-refractivity contribution >= 4 is 16.7 Å². The molecule has 0 aliphatic rings. The highest BCUT2D eigenvalue weighted by molar-refractivity contribution is 5.81. The van der Waals surface area contributed by atoms with E-state index in [4.69, 9.17) is 4.74 Å². The van der Waals surface area contributed by atoms with Gasteiger partial charge in [0.25, 0.3) is 0 Å². The van der Waals surface area contributed by atoms with Gasteiger partial charge in [-0.05, 0) is 25.1 Å². The maximum Gasteiger partial charge on any atom is 0.167 e. The molecule has 2 rings (SSSR count). The van der Waals surface area contributed by atoms with E-state index in [1.165, 1.54) is 13.2 Å². The summed E-state index contributed by atoms with van der Waals surface area (Å²) in [4.78, 5) is 4.29. The van der Waals surface area contributed by atoms with Crippen molar-refractivity contribution in [2.45, 2.75) is 6.92 Å². The molecule has 0 radical (unpaired) electrons. The maximum absolute atomic E-state index is 13.5. The second-order valence-electron chi connectivity index (χ2n) is 3.41. The van der Waals surface area contributed by atoms with Crippen LogP contribution >= 0.6 is 0 Å². The first kappa shape index (κ1) is 10.7. The quantitative estimate of drug-likeness (QED) is 0.863. The van der Waals surface area contributed by atoms with Gasteiger partial charge >= 0.3 is 0 Å². The molecule has 0 unspecified atom stereocenters. The third-order valence-electron chi connectivity index (χ3n) is 2.32. The third-order valence-corrected chi connectivity index (χ3v) is 2.32. The number of hydrogen-bond donors (Lipinski definition) is 1. The molecule has 3 nitrogen and oxygen atoms in total. The highest BCUT2D eigenvalue weighted by atomic mass is 19.1. The average Bonchev–Trinajstić information content (AvgIpc) is 2.28. The van der Waals surface area contributed by atoms with Crippen molar-refractivity contribution in [1.82, 2.24) is 4.98 Å². The average molecular weight is 220 g/mol. The summed E-state index contributed by atoms with van der Waals surface area (Å²) in [5, 5.41) is 3.94. The Morgan fingerprint density at radius 3 is 2.88 bits per heavy atom. The van der Waals surface area contributed by atoms with Gasteiger partial charge in [-0.1, -0.05) is 0 Å². The van der Waals surface area contributed by atoms with E-state index in [0.29, 0.717) is 5.52 Å². The molecule has 0 saturated carbocycles. The Kier molecular flexibility index (Phi) is 2.90. The summed E-state index contributed by atoms with van der Waals surface area (Å²) in [6.07, 6.45) is 0. The Balaban J connectivity index is 2.53. The number of ether oxygens (including phenoxy) is 1. The van der Waals surface area contributed by atoms with Crippen molar-refractivity contribution in [3.63, 3.8) is 0 Å². The summed E-state index contributed by atoms with van der Waals surface area (Å²) >= 11 is 0. The van der Waals surface area contributed by atoms with Gasteiger partial charge in [-0.25, -0.2) is 9.37 Å². The number of benzene rings is 1. The molecule has 0 fully saturated rings. The fourth-order valence-electron chi connectivity index (χ4n) is 1.56. The molecular formula is C12H13FN2O. The van der Waals surface area contributed by atoms with Gasteiger partial charge in [0.1, 0.15) is 5.82 Å². The Hall–Kier alpha value is -1.84. The molecule has 0 aliphatic carbocycles. The Morgan fingerprint density at radius 1 is 1.38 bits per heavy atom. The lowest BCUT2D eigenvalue weighted by Crippen LogP contribution is -1.99. The van der Waals surface area contributed by atoms with Crippen molar-refractivity contribution in [2.24, 2.45) is 0 Å². The van der Waals surface area contributed by atoms with E-state index in [1.54, 1.807) is 6.07 Å². The SMILES string of the molecule is CCNc1ccc2cc(OC)c(F)cc2n1. The lowest BCUT2D eigenvalue weighted by Gasteiger charge is -2.06. The van der Waals surface area contributed by atoms with E-state index in [2.05, 4.69) is 10.3 Å². The largest absolute Gasteiger partial charge is 0.494 e. The number of halogens is 1. The van der Waals surface area contributed by atoms with Crippen LogP contribution in [-0.4, -0.2) is 18.6 Å². The minimum atomic E-state index is -0.392. The van der Waals surface area contributed by atoms with Crippen molar-refractivity contribution < 1.29 is 9.13 Å². The minimum absolute atomic E-state index is 0.241. The lowest BCUT2D eigenvalue weighted by molar-refractivity contribution is 0.387. The number of rotatable bonds is 3. The first-order valence-corrected chi connectivity index (χ1v) is 5.12. The van der Waals surface area contributed by atoms with E-state index in [-0.39, 0.29) is 5.75 Å². The monoisotopic (exact) mass is 220 g/mol. The van der Waals surface area contributed by atoms with E-state index in [1.807, 2.05) is 19.1 Å². The Bertz CT molecular complexity index is 514. The second-order valence-corrected chi connectivity index (χ2v) is 3.41. The number of nitrogens with zero attached hydrogens (tertiary/aromatic N) is 1. The third kappa shape index (κ3) is 1.91. The molecular weight excluding hydrogens is 207 g/mol. The van der Waals surface area contributed by atoms with E-state index >= 15 is 0 Å². The molecule has 0 aliphatic heterocycles. The first-order valence-electron chi connectivity index (χ1n) is 5.12. The number of fused-ring (bicyclic) bond motifs is 1. The highest BCUT2D eigenvalue weighted by Gasteiger charge is 2.06. The van der Waals surface area contributed by atoms with E-state index < -0.39 is 5.82 Å². The predicted molar refractivity (Wildman–Crippen MR) is 62.4 cm³/mol. The van der Waals surface area contributed by atoms with Gasteiger partial charge in [-0.2, -0.15) is 0 Å². The topological polar surface area (TPSA) is 34.1 Å². The van der Waals surface area contributed by atoms with Gasteiger partial charge in [0, 0.05) is 18.0 Å². The fourth-order valence-corrected chi connectivity index (χ4v) is 1.56. The van der Waals surface area contributed by atoms with E-state index in [0.717, 1.165) is 17.7 Å². The molecule has 2 aromatic rings. The molecule has 1 aromatic carbocycles. The van der Waals surface area contributed by atoms with Crippen molar-refractivity contribution in [3.8, 4) is 5.75 Å². The number of pyridine rings is 1. The molecule has 84 valence electrons. The Labute approximate surface area is 93.3 Å². The summed E-state index contributed by atoms with van der Waals surface area (Å²) in [6.45, 7) is 2.78. The second kappa shape index (κ2) is 4.35. The van der Waals surface area contributed by atoms with Crippen LogP contribution in [0.1, 0.15) is 6.92 Å². The molecule has 4 heteroatoms. The fraction of sp³-hybridized carbons (Fsp3) is 0.250. The van der Waals surface area contributed by atoms with Gasteiger partial charge in [-0.15, -0.1) is 0 Å². The van der Waals surface area contributed by atoms with Crippen LogP contribution in [0.15, 0.2) is 24.3 Å². The summed E-state index contributed by atoms with van der Waals surface area (Å²) in [5.74, 6) is 0.598. The van der Waals surface area contributed by atoms with Crippen LogP contribution < -0.4 is 10.1 Å². The number of aromatic nitrogens is 1. The molecule has 1 heterocycles. The van der Waals surface area contributed by atoms with E-state index in [9.17, 15) is 4.39 Å². The first-order chi connectivity index (χ1) is 7.74. The standard InChI is InChI=1S/C12H13FN2O/c1-3-14-12-5-4-8-6-11(16-2)9(13)7-10(8)15-12/h4-7H,3H2,1-2H3,(H,14,15). The predicted octanol–water partition coefficient (Wildman–Crippen LogP) is 2.81. The maximum atomic E-state index is 13.5. The summed E-state index contributed by atoms with van der Waals surface area (Å²) < 4.78 is 18.4. The van der Waals surface area contributed by atoms with Crippen LogP contribution in [0.25, 0.3) is 10.9 Å². The van der Waals surface area contributed by atoms with Crippen LogP contribution in [-0.2, 0) is 0 Å². The number of methoxy groups -OCH3 is 1. The number of nitrogens with one attached hydrogen (secondary N) is 1. The smallest absolute Gasteiger partial charge is 0.167 e. The summed E-state index contributed by atoms with van der Waals surface area (Å²) in [7, 11) is 1.45. The summed E-state index contributed by atoms with van der Waals surface area (Å²) in [6, 6.07) is 6.79. The van der Waals surface area contributed by atoms with Gasteiger partial charge in [0.15, 0.2) is 11.6 Å². The van der Waals surface area contributed by atoms with Crippen LogP contribution in [0, 0.1) is 5.82 Å². The highest BCUT2D eigenvalue weighted by Crippen LogP contribution is 2.24. The molecule has 0 bridgehead atoms. The molecule has 16 heavy (non-hydrogen) atoms. The van der Waals surface area contributed by atoms with Crippen LogP contribution in [0.5, 0.6) is 5.75 Å². The molecule has 1 aromatic heterocycles. The van der Waals surface area contributed by atoms with Gasteiger partial charge < -0.3 is 10.1 Å². The van der Waals surface area contributed by atoms with Crippen LogP contribution in [0.2, 0.25) is 0 Å². The van der Waals surface area contributed by atoms with Gasteiger partial charge in [0.05, 0.1) is 12.6 Å².